The summed E-state index contributed by atoms with van der Waals surface area (Å²) in [5.74, 6) is 1.09. The Bertz CT molecular complexity index is 489. The maximum Gasteiger partial charge on any atom is 0.433 e. The Morgan fingerprint density at radius 1 is 1.47 bits per heavy atom. The van der Waals surface area contributed by atoms with Crippen molar-refractivity contribution in [3.8, 4) is 0 Å². The van der Waals surface area contributed by atoms with Crippen molar-refractivity contribution in [2.45, 2.75) is 19.5 Å². The molecule has 0 radical (unpaired) electrons. The molecule has 0 aliphatic carbocycles. The molecule has 0 saturated heterocycles. The SMILES string of the molecule is C[C@@H](NCc1ccc([N+](=O)[O-])o1)c1ccco1. The average Bonchev–Trinajstić information content (AvgIpc) is 2.97. The Balaban J connectivity index is 1.91. The first kappa shape index (κ1) is 11.4. The lowest BCUT2D eigenvalue weighted by Gasteiger charge is -2.09. The van der Waals surface area contributed by atoms with Crippen molar-refractivity contribution >= 4 is 5.88 Å². The predicted molar refractivity (Wildman–Crippen MR) is 59.3 cm³/mol. The highest BCUT2D eigenvalue weighted by molar-refractivity contribution is 5.17. The normalized spacial score (nSPS) is 12.5. The molecule has 0 aliphatic heterocycles. The van der Waals surface area contributed by atoms with Gasteiger partial charge in [0.05, 0.1) is 24.9 Å². The second kappa shape index (κ2) is 4.84. The Labute approximate surface area is 97.4 Å². The lowest BCUT2D eigenvalue weighted by atomic mass is 10.2. The molecule has 6 heteroatoms. The molecule has 2 heterocycles. The molecule has 2 rings (SSSR count). The van der Waals surface area contributed by atoms with Gasteiger partial charge in [0.1, 0.15) is 16.4 Å². The monoisotopic (exact) mass is 236 g/mol. The minimum atomic E-state index is -0.556. The van der Waals surface area contributed by atoms with Gasteiger partial charge in [-0.25, -0.2) is 0 Å². The number of furan rings is 2. The van der Waals surface area contributed by atoms with E-state index in [4.69, 9.17) is 8.83 Å². The molecule has 2 aromatic heterocycles. The molecule has 0 fully saturated rings. The van der Waals surface area contributed by atoms with Crippen molar-refractivity contribution in [1.82, 2.24) is 5.32 Å². The highest BCUT2D eigenvalue weighted by Crippen LogP contribution is 2.17. The van der Waals surface area contributed by atoms with Crippen LogP contribution in [0.25, 0.3) is 0 Å². The van der Waals surface area contributed by atoms with Crippen LogP contribution in [-0.2, 0) is 6.54 Å². The van der Waals surface area contributed by atoms with E-state index < -0.39 is 4.92 Å². The summed E-state index contributed by atoms with van der Waals surface area (Å²) in [5, 5.41) is 13.6. The van der Waals surface area contributed by atoms with Crippen molar-refractivity contribution in [1.29, 1.82) is 0 Å². The van der Waals surface area contributed by atoms with E-state index in [0.29, 0.717) is 12.3 Å². The van der Waals surface area contributed by atoms with Gasteiger partial charge in [-0.1, -0.05) is 0 Å². The van der Waals surface area contributed by atoms with Crippen LogP contribution in [0.3, 0.4) is 0 Å². The first-order valence-corrected chi connectivity index (χ1v) is 5.16. The number of nitrogens with zero attached hydrogens (tertiary/aromatic N) is 1. The second-order valence-electron chi connectivity index (χ2n) is 3.62. The Hall–Kier alpha value is -2.08. The molecule has 0 saturated carbocycles. The van der Waals surface area contributed by atoms with Crippen LogP contribution in [0.1, 0.15) is 24.5 Å². The third-order valence-electron chi connectivity index (χ3n) is 2.38. The maximum absolute atomic E-state index is 10.4. The van der Waals surface area contributed by atoms with Gasteiger partial charge in [0.15, 0.2) is 0 Å². The van der Waals surface area contributed by atoms with E-state index in [1.54, 1.807) is 12.3 Å². The summed E-state index contributed by atoms with van der Waals surface area (Å²) in [5.41, 5.74) is 0. The van der Waals surface area contributed by atoms with Gasteiger partial charge in [0.25, 0.3) is 0 Å². The smallest absolute Gasteiger partial charge is 0.433 e. The Kier molecular flexibility index (Phi) is 3.24. The van der Waals surface area contributed by atoms with E-state index in [-0.39, 0.29) is 11.9 Å². The van der Waals surface area contributed by atoms with Crippen LogP contribution in [0.5, 0.6) is 0 Å². The van der Waals surface area contributed by atoms with Crippen LogP contribution < -0.4 is 5.32 Å². The topological polar surface area (TPSA) is 81.5 Å². The van der Waals surface area contributed by atoms with Crippen molar-refractivity contribution in [3.05, 3.63) is 52.2 Å². The minimum absolute atomic E-state index is 0.0224. The van der Waals surface area contributed by atoms with Crippen molar-refractivity contribution in [3.63, 3.8) is 0 Å². The van der Waals surface area contributed by atoms with Gasteiger partial charge in [-0.3, -0.25) is 10.1 Å². The first-order valence-electron chi connectivity index (χ1n) is 5.16. The van der Waals surface area contributed by atoms with E-state index in [9.17, 15) is 10.1 Å². The van der Waals surface area contributed by atoms with Gasteiger partial charge in [-0.15, -0.1) is 0 Å². The van der Waals surface area contributed by atoms with Gasteiger partial charge in [0.2, 0.25) is 0 Å². The molecule has 1 N–H and O–H groups in total. The van der Waals surface area contributed by atoms with Crippen LogP contribution in [0.4, 0.5) is 5.88 Å². The molecule has 6 nitrogen and oxygen atoms in total. The molecule has 0 aliphatic rings. The van der Waals surface area contributed by atoms with Crippen molar-refractivity contribution in [2.75, 3.05) is 0 Å². The third-order valence-corrected chi connectivity index (χ3v) is 2.38. The highest BCUT2D eigenvalue weighted by atomic mass is 16.6. The van der Waals surface area contributed by atoms with E-state index in [1.165, 1.54) is 6.07 Å². The number of nitrogens with one attached hydrogen (secondary N) is 1. The van der Waals surface area contributed by atoms with Crippen molar-refractivity contribution < 1.29 is 13.8 Å². The summed E-state index contributed by atoms with van der Waals surface area (Å²) < 4.78 is 10.2. The van der Waals surface area contributed by atoms with Gasteiger partial charge in [-0.2, -0.15) is 0 Å². The van der Waals surface area contributed by atoms with Gasteiger partial charge >= 0.3 is 5.88 Å². The highest BCUT2D eigenvalue weighted by Gasteiger charge is 2.13. The molecule has 0 unspecified atom stereocenters. The summed E-state index contributed by atoms with van der Waals surface area (Å²) in [6.07, 6.45) is 1.60. The molecule has 0 amide bonds. The summed E-state index contributed by atoms with van der Waals surface area (Å²) in [6, 6.07) is 6.62. The molecule has 2 aromatic rings. The standard InChI is InChI=1S/C11H12N2O4/c1-8(10-3-2-6-16-10)12-7-9-4-5-11(17-9)13(14)15/h2-6,8,12H,7H2,1H3/t8-/m1/s1. The Morgan fingerprint density at radius 2 is 2.29 bits per heavy atom. The van der Waals surface area contributed by atoms with Gasteiger partial charge in [0, 0.05) is 0 Å². The number of hydrogen-bond acceptors (Lipinski definition) is 5. The fourth-order valence-corrected chi connectivity index (χ4v) is 1.45. The lowest BCUT2D eigenvalue weighted by Crippen LogP contribution is -2.17. The lowest BCUT2D eigenvalue weighted by molar-refractivity contribution is -0.402. The fraction of sp³-hybridized carbons (Fsp3) is 0.273. The number of hydrogen-bond donors (Lipinski definition) is 1. The second-order valence-corrected chi connectivity index (χ2v) is 3.62. The maximum atomic E-state index is 10.4. The van der Waals surface area contributed by atoms with E-state index >= 15 is 0 Å². The average molecular weight is 236 g/mol. The molecule has 17 heavy (non-hydrogen) atoms. The van der Waals surface area contributed by atoms with Crippen LogP contribution in [0.2, 0.25) is 0 Å². The largest absolute Gasteiger partial charge is 0.468 e. The van der Waals surface area contributed by atoms with Crippen LogP contribution in [-0.4, -0.2) is 4.92 Å². The summed E-state index contributed by atoms with van der Waals surface area (Å²) in [6.45, 7) is 2.35. The molecule has 0 bridgehead atoms. The van der Waals surface area contributed by atoms with E-state index in [2.05, 4.69) is 5.32 Å². The minimum Gasteiger partial charge on any atom is -0.468 e. The fourth-order valence-electron chi connectivity index (χ4n) is 1.45. The summed E-state index contributed by atoms with van der Waals surface area (Å²) in [4.78, 5) is 9.86. The zero-order valence-corrected chi connectivity index (χ0v) is 9.25. The molecule has 0 spiro atoms. The molecular weight excluding hydrogens is 224 g/mol. The Morgan fingerprint density at radius 3 is 2.88 bits per heavy atom. The molecule has 90 valence electrons. The summed E-state index contributed by atoms with van der Waals surface area (Å²) in [7, 11) is 0. The van der Waals surface area contributed by atoms with Crippen LogP contribution in [0, 0.1) is 10.1 Å². The summed E-state index contributed by atoms with van der Waals surface area (Å²) >= 11 is 0. The number of rotatable bonds is 5. The molecule has 0 aromatic carbocycles. The van der Waals surface area contributed by atoms with Crippen molar-refractivity contribution in [2.24, 2.45) is 0 Å². The number of nitro groups is 1. The van der Waals surface area contributed by atoms with Gasteiger partial charge in [-0.05, 0) is 25.1 Å². The third kappa shape index (κ3) is 2.73. The first-order chi connectivity index (χ1) is 8.16. The van der Waals surface area contributed by atoms with Gasteiger partial charge < -0.3 is 14.2 Å². The van der Waals surface area contributed by atoms with E-state index in [0.717, 1.165) is 5.76 Å². The zero-order chi connectivity index (χ0) is 12.3. The quantitative estimate of drug-likeness (QED) is 0.637. The van der Waals surface area contributed by atoms with Crippen LogP contribution >= 0.6 is 0 Å². The molecular formula is C11H12N2O4. The van der Waals surface area contributed by atoms with Crippen LogP contribution in [0.15, 0.2) is 39.4 Å². The zero-order valence-electron chi connectivity index (χ0n) is 9.25. The van der Waals surface area contributed by atoms with E-state index in [1.807, 2.05) is 19.1 Å². The molecule has 1 atom stereocenters. The predicted octanol–water partition coefficient (Wildman–Crippen LogP) is 2.63.